The number of anilines is 1. The Bertz CT molecular complexity index is 567. The summed E-state index contributed by atoms with van der Waals surface area (Å²) in [6.07, 6.45) is 3.48. The first-order valence-electron chi connectivity index (χ1n) is 5.89. The highest BCUT2D eigenvalue weighted by Crippen LogP contribution is 2.12. The Morgan fingerprint density at radius 3 is 3.05 bits per heavy atom. The van der Waals surface area contributed by atoms with E-state index < -0.39 is 0 Å². The molecule has 1 amide bonds. The van der Waals surface area contributed by atoms with Crippen LogP contribution in [-0.2, 0) is 17.9 Å². The largest absolute Gasteiger partial charge is 0.378 e. The van der Waals surface area contributed by atoms with Crippen LogP contribution in [0.15, 0.2) is 36.7 Å². The Labute approximate surface area is 116 Å². The van der Waals surface area contributed by atoms with E-state index in [0.29, 0.717) is 6.54 Å². The van der Waals surface area contributed by atoms with E-state index in [-0.39, 0.29) is 12.5 Å². The van der Waals surface area contributed by atoms with Crippen molar-refractivity contribution in [2.75, 3.05) is 12.4 Å². The van der Waals surface area contributed by atoms with E-state index >= 15 is 0 Å². The normalized spacial score (nSPS) is 10.2. The van der Waals surface area contributed by atoms with Crippen LogP contribution in [-0.4, -0.2) is 22.7 Å². The zero-order valence-electron chi connectivity index (χ0n) is 10.6. The molecule has 0 bridgehead atoms. The van der Waals surface area contributed by atoms with E-state index in [0.717, 1.165) is 16.3 Å². The lowest BCUT2D eigenvalue weighted by molar-refractivity contribution is -0.121. The quantitative estimate of drug-likeness (QED) is 0.878. The number of halogens is 1. The number of hydrogen-bond acceptors (Lipinski definition) is 3. The van der Waals surface area contributed by atoms with Gasteiger partial charge >= 0.3 is 0 Å². The number of nitrogens with one attached hydrogen (secondary N) is 2. The van der Waals surface area contributed by atoms with Crippen LogP contribution >= 0.6 is 11.6 Å². The number of nitrogens with zero attached hydrogens (tertiary/aromatic N) is 2. The Kier molecular flexibility index (Phi) is 4.41. The van der Waals surface area contributed by atoms with Crippen molar-refractivity contribution in [2.24, 2.45) is 0 Å². The van der Waals surface area contributed by atoms with Crippen molar-refractivity contribution in [3.8, 4) is 0 Å². The highest BCUT2D eigenvalue weighted by Gasteiger charge is 2.02. The van der Waals surface area contributed by atoms with Gasteiger partial charge in [-0.2, -0.15) is 5.10 Å². The number of carbonyl (C=O) groups excluding carboxylic acids is 1. The number of rotatable bonds is 5. The van der Waals surface area contributed by atoms with Crippen LogP contribution < -0.4 is 10.6 Å². The monoisotopic (exact) mass is 278 g/mol. The van der Waals surface area contributed by atoms with Crippen molar-refractivity contribution in [3.05, 3.63) is 47.2 Å². The van der Waals surface area contributed by atoms with E-state index in [2.05, 4.69) is 15.7 Å². The van der Waals surface area contributed by atoms with Crippen molar-refractivity contribution in [1.82, 2.24) is 15.1 Å². The summed E-state index contributed by atoms with van der Waals surface area (Å²) < 4.78 is 1.58. The Hall–Kier alpha value is -2.01. The molecular formula is C13H15ClN4O. The van der Waals surface area contributed by atoms with E-state index in [4.69, 9.17) is 11.6 Å². The highest BCUT2D eigenvalue weighted by molar-refractivity contribution is 6.30. The number of carbonyl (C=O) groups is 1. The predicted molar refractivity (Wildman–Crippen MR) is 75.1 cm³/mol. The average molecular weight is 279 g/mol. The summed E-state index contributed by atoms with van der Waals surface area (Å²) >= 11 is 5.92. The molecule has 0 aliphatic heterocycles. The maximum atomic E-state index is 11.2. The summed E-state index contributed by atoms with van der Waals surface area (Å²) in [5.74, 6) is -0.0792. The molecule has 1 aromatic carbocycles. The summed E-state index contributed by atoms with van der Waals surface area (Å²) in [5, 5.41) is 10.6. The summed E-state index contributed by atoms with van der Waals surface area (Å²) in [4.78, 5) is 11.2. The maximum absolute atomic E-state index is 11.2. The van der Waals surface area contributed by atoms with Crippen LogP contribution in [0, 0.1) is 0 Å². The van der Waals surface area contributed by atoms with E-state index in [1.54, 1.807) is 24.1 Å². The first kappa shape index (κ1) is 13.4. The third-order valence-electron chi connectivity index (χ3n) is 2.60. The fraction of sp³-hybridized carbons (Fsp3) is 0.231. The van der Waals surface area contributed by atoms with Gasteiger partial charge in [-0.25, -0.2) is 0 Å². The lowest BCUT2D eigenvalue weighted by Gasteiger charge is -2.04. The van der Waals surface area contributed by atoms with Gasteiger partial charge in [0.2, 0.25) is 5.91 Å². The molecule has 5 nitrogen and oxygen atoms in total. The fourth-order valence-corrected chi connectivity index (χ4v) is 1.83. The van der Waals surface area contributed by atoms with Gasteiger partial charge in [-0.3, -0.25) is 9.48 Å². The zero-order chi connectivity index (χ0) is 13.7. The van der Waals surface area contributed by atoms with Crippen LogP contribution in [0.25, 0.3) is 0 Å². The van der Waals surface area contributed by atoms with E-state index in [1.807, 2.05) is 24.3 Å². The zero-order valence-corrected chi connectivity index (χ0v) is 11.3. The van der Waals surface area contributed by atoms with Gasteiger partial charge in [0.05, 0.1) is 11.9 Å². The second-order valence-corrected chi connectivity index (χ2v) is 4.52. The number of hydrogen-bond donors (Lipinski definition) is 2. The molecule has 1 heterocycles. The SMILES string of the molecule is CNC(=O)Cn1cc(NCc2cccc(Cl)c2)cn1. The van der Waals surface area contributed by atoms with Gasteiger partial charge in [0.1, 0.15) is 6.54 Å². The number of amides is 1. The summed E-state index contributed by atoms with van der Waals surface area (Å²) in [7, 11) is 1.60. The molecule has 0 saturated heterocycles. The van der Waals surface area contributed by atoms with Gasteiger partial charge < -0.3 is 10.6 Å². The molecule has 0 aliphatic carbocycles. The number of likely N-dealkylation sites (N-methyl/N-ethyl adjacent to an activating group) is 1. The molecule has 100 valence electrons. The topological polar surface area (TPSA) is 59.0 Å². The Morgan fingerprint density at radius 2 is 2.32 bits per heavy atom. The lowest BCUT2D eigenvalue weighted by atomic mass is 10.2. The molecule has 0 unspecified atom stereocenters. The standard InChI is InChI=1S/C13H15ClN4O/c1-15-13(19)9-18-8-12(7-17-18)16-6-10-3-2-4-11(14)5-10/h2-5,7-8,16H,6,9H2,1H3,(H,15,19). The summed E-state index contributed by atoms with van der Waals surface area (Å²) in [6, 6.07) is 7.65. The molecule has 0 atom stereocenters. The van der Waals surface area contributed by atoms with Crippen LogP contribution in [0.3, 0.4) is 0 Å². The molecule has 6 heteroatoms. The van der Waals surface area contributed by atoms with Crippen molar-refractivity contribution in [2.45, 2.75) is 13.1 Å². The van der Waals surface area contributed by atoms with Gasteiger partial charge in [0.25, 0.3) is 0 Å². The summed E-state index contributed by atoms with van der Waals surface area (Å²) in [6.45, 7) is 0.877. The molecule has 0 radical (unpaired) electrons. The van der Waals surface area contributed by atoms with Crippen LogP contribution in [0.5, 0.6) is 0 Å². The van der Waals surface area contributed by atoms with Crippen LogP contribution in [0.4, 0.5) is 5.69 Å². The van der Waals surface area contributed by atoms with E-state index in [9.17, 15) is 4.79 Å². The molecule has 2 aromatic rings. The van der Waals surface area contributed by atoms with Gasteiger partial charge in [0, 0.05) is 24.8 Å². The number of benzene rings is 1. The molecule has 0 spiro atoms. The van der Waals surface area contributed by atoms with Crippen molar-refractivity contribution in [1.29, 1.82) is 0 Å². The maximum Gasteiger partial charge on any atom is 0.241 e. The smallest absolute Gasteiger partial charge is 0.241 e. The molecular weight excluding hydrogens is 264 g/mol. The van der Waals surface area contributed by atoms with Crippen molar-refractivity contribution in [3.63, 3.8) is 0 Å². The molecule has 0 fully saturated rings. The highest BCUT2D eigenvalue weighted by atomic mass is 35.5. The van der Waals surface area contributed by atoms with Gasteiger partial charge in [-0.15, -0.1) is 0 Å². The third-order valence-corrected chi connectivity index (χ3v) is 2.84. The van der Waals surface area contributed by atoms with Gasteiger partial charge in [0.15, 0.2) is 0 Å². The molecule has 2 rings (SSSR count). The average Bonchev–Trinajstić information content (AvgIpc) is 2.84. The minimum atomic E-state index is -0.0792. The Balaban J connectivity index is 1.91. The fourth-order valence-electron chi connectivity index (χ4n) is 1.62. The molecule has 19 heavy (non-hydrogen) atoms. The molecule has 1 aromatic heterocycles. The number of aromatic nitrogens is 2. The second kappa shape index (κ2) is 6.24. The molecule has 2 N–H and O–H groups in total. The third kappa shape index (κ3) is 3.99. The van der Waals surface area contributed by atoms with Crippen LogP contribution in [0.2, 0.25) is 5.02 Å². The predicted octanol–water partition coefficient (Wildman–Crippen LogP) is 1.89. The van der Waals surface area contributed by atoms with Crippen LogP contribution in [0.1, 0.15) is 5.56 Å². The first-order chi connectivity index (χ1) is 9.17. The Morgan fingerprint density at radius 1 is 1.47 bits per heavy atom. The minimum absolute atomic E-state index is 0.0792. The summed E-state index contributed by atoms with van der Waals surface area (Å²) in [5.41, 5.74) is 1.95. The van der Waals surface area contributed by atoms with Gasteiger partial charge in [-0.1, -0.05) is 23.7 Å². The van der Waals surface area contributed by atoms with Crippen molar-refractivity contribution < 1.29 is 4.79 Å². The van der Waals surface area contributed by atoms with E-state index in [1.165, 1.54) is 0 Å². The molecule has 0 saturated carbocycles. The van der Waals surface area contributed by atoms with Crippen molar-refractivity contribution >= 4 is 23.2 Å². The van der Waals surface area contributed by atoms with Gasteiger partial charge in [-0.05, 0) is 17.7 Å². The lowest BCUT2D eigenvalue weighted by Crippen LogP contribution is -2.23. The minimum Gasteiger partial charge on any atom is -0.378 e. The molecule has 0 aliphatic rings. The second-order valence-electron chi connectivity index (χ2n) is 4.08. The first-order valence-corrected chi connectivity index (χ1v) is 6.26.